The van der Waals surface area contributed by atoms with Crippen molar-refractivity contribution >= 4 is 17.8 Å². The second-order valence-electron chi connectivity index (χ2n) is 5.60. The molecular formula is C15H17F3N4O3. The van der Waals surface area contributed by atoms with Gasteiger partial charge in [0.15, 0.2) is 0 Å². The number of primary amides is 1. The molecule has 7 nitrogen and oxygen atoms in total. The number of nitrogens with zero attached hydrogens (tertiary/aromatic N) is 1. The molecule has 0 aromatic heterocycles. The van der Waals surface area contributed by atoms with E-state index in [2.05, 4.69) is 10.6 Å². The van der Waals surface area contributed by atoms with Crippen molar-refractivity contribution in [3.63, 3.8) is 0 Å². The molecule has 1 aliphatic heterocycles. The Hall–Kier alpha value is -2.78. The molecule has 0 bridgehead atoms. The Kier molecular flexibility index (Phi) is 5.50. The fraction of sp³-hybridized carbons (Fsp3) is 0.400. The van der Waals surface area contributed by atoms with Crippen LogP contribution in [0.2, 0.25) is 0 Å². The lowest BCUT2D eigenvalue weighted by Crippen LogP contribution is -2.43. The van der Waals surface area contributed by atoms with Crippen molar-refractivity contribution in [2.45, 2.75) is 25.2 Å². The third-order valence-electron chi connectivity index (χ3n) is 3.66. The predicted octanol–water partition coefficient (Wildman–Crippen LogP) is 0.748. The summed E-state index contributed by atoms with van der Waals surface area (Å²) in [5, 5.41) is 4.84. The number of nitrogens with one attached hydrogen (secondary N) is 2. The average Bonchev–Trinajstić information content (AvgIpc) is 2.85. The normalized spacial score (nSPS) is 17.5. The van der Waals surface area contributed by atoms with Gasteiger partial charge in [-0.1, -0.05) is 12.1 Å². The van der Waals surface area contributed by atoms with Gasteiger partial charge in [0.25, 0.3) is 5.91 Å². The number of benzene rings is 1. The first kappa shape index (κ1) is 18.6. The molecule has 1 heterocycles. The van der Waals surface area contributed by atoms with Crippen LogP contribution in [0.5, 0.6) is 0 Å². The largest absolute Gasteiger partial charge is 0.406 e. The van der Waals surface area contributed by atoms with Crippen LogP contribution in [0.3, 0.4) is 0 Å². The van der Waals surface area contributed by atoms with E-state index in [0.29, 0.717) is 10.5 Å². The van der Waals surface area contributed by atoms with Crippen molar-refractivity contribution in [3.8, 4) is 0 Å². The molecule has 0 saturated carbocycles. The minimum absolute atomic E-state index is 0.0545. The van der Waals surface area contributed by atoms with Crippen LogP contribution in [0.15, 0.2) is 24.3 Å². The Morgan fingerprint density at radius 1 is 1.24 bits per heavy atom. The SMILES string of the molecule is NC(=O)NCc1ccc(C(=O)NC2CCN(CC(F)(F)F)C2=O)cc1. The molecule has 1 unspecified atom stereocenters. The van der Waals surface area contributed by atoms with Gasteiger partial charge < -0.3 is 21.3 Å². The Morgan fingerprint density at radius 2 is 1.88 bits per heavy atom. The first-order valence-electron chi connectivity index (χ1n) is 7.44. The van der Waals surface area contributed by atoms with Crippen LogP contribution in [0.25, 0.3) is 0 Å². The molecule has 1 atom stereocenters. The van der Waals surface area contributed by atoms with Gasteiger partial charge >= 0.3 is 12.2 Å². The molecule has 1 saturated heterocycles. The highest BCUT2D eigenvalue weighted by Crippen LogP contribution is 2.21. The number of urea groups is 1. The van der Waals surface area contributed by atoms with Crippen LogP contribution in [-0.4, -0.2) is 48.1 Å². The van der Waals surface area contributed by atoms with E-state index < -0.39 is 36.6 Å². The van der Waals surface area contributed by atoms with Crippen molar-refractivity contribution < 1.29 is 27.6 Å². The third kappa shape index (κ3) is 5.37. The molecule has 0 spiro atoms. The number of hydrogen-bond donors (Lipinski definition) is 3. The van der Waals surface area contributed by atoms with Gasteiger partial charge in [0.1, 0.15) is 12.6 Å². The monoisotopic (exact) mass is 358 g/mol. The molecule has 0 aliphatic carbocycles. The lowest BCUT2D eigenvalue weighted by atomic mass is 10.1. The van der Waals surface area contributed by atoms with Crippen molar-refractivity contribution in [2.24, 2.45) is 5.73 Å². The smallest absolute Gasteiger partial charge is 0.352 e. The highest BCUT2D eigenvalue weighted by molar-refractivity contribution is 5.98. The van der Waals surface area contributed by atoms with Crippen molar-refractivity contribution in [2.75, 3.05) is 13.1 Å². The maximum atomic E-state index is 12.4. The van der Waals surface area contributed by atoms with E-state index in [1.807, 2.05) is 0 Å². The molecule has 10 heteroatoms. The number of nitrogens with two attached hydrogens (primary N) is 1. The van der Waals surface area contributed by atoms with Gasteiger partial charge in [0, 0.05) is 18.7 Å². The summed E-state index contributed by atoms with van der Waals surface area (Å²) >= 11 is 0. The Labute approximate surface area is 141 Å². The van der Waals surface area contributed by atoms with E-state index >= 15 is 0 Å². The zero-order chi connectivity index (χ0) is 18.6. The highest BCUT2D eigenvalue weighted by atomic mass is 19.4. The maximum Gasteiger partial charge on any atom is 0.406 e. The predicted molar refractivity (Wildman–Crippen MR) is 81.4 cm³/mol. The Bertz CT molecular complexity index is 661. The van der Waals surface area contributed by atoms with Gasteiger partial charge in [-0.3, -0.25) is 9.59 Å². The number of amides is 4. The Morgan fingerprint density at radius 3 is 2.44 bits per heavy atom. The fourth-order valence-corrected chi connectivity index (χ4v) is 2.45. The second kappa shape index (κ2) is 7.41. The van der Waals surface area contributed by atoms with E-state index in [1.165, 1.54) is 12.1 Å². The molecule has 1 aromatic carbocycles. The molecular weight excluding hydrogens is 341 g/mol. The number of carbonyl (C=O) groups is 3. The van der Waals surface area contributed by atoms with Gasteiger partial charge in [-0.2, -0.15) is 13.2 Å². The second-order valence-corrected chi connectivity index (χ2v) is 5.60. The van der Waals surface area contributed by atoms with Gasteiger partial charge in [-0.15, -0.1) is 0 Å². The third-order valence-corrected chi connectivity index (χ3v) is 3.66. The van der Waals surface area contributed by atoms with Crippen molar-refractivity contribution in [1.29, 1.82) is 0 Å². The standard InChI is InChI=1S/C15H17F3N4O3/c16-15(17,18)8-22-6-5-11(13(22)24)21-12(23)10-3-1-9(2-4-10)7-20-14(19)25/h1-4,11H,5-8H2,(H,21,23)(H3,19,20,25). The summed E-state index contributed by atoms with van der Waals surface area (Å²) in [6.45, 7) is -1.18. The molecule has 0 radical (unpaired) electrons. The highest BCUT2D eigenvalue weighted by Gasteiger charge is 2.39. The number of carbonyl (C=O) groups excluding carboxylic acids is 3. The van der Waals surface area contributed by atoms with Crippen molar-refractivity contribution in [3.05, 3.63) is 35.4 Å². The molecule has 4 N–H and O–H groups in total. The van der Waals surface area contributed by atoms with Gasteiger partial charge in [0.2, 0.25) is 5.91 Å². The number of halogens is 3. The average molecular weight is 358 g/mol. The zero-order valence-electron chi connectivity index (χ0n) is 13.1. The summed E-state index contributed by atoms with van der Waals surface area (Å²) in [7, 11) is 0. The quantitative estimate of drug-likeness (QED) is 0.723. The molecule has 25 heavy (non-hydrogen) atoms. The summed E-state index contributed by atoms with van der Waals surface area (Å²) in [5.41, 5.74) is 5.92. The number of hydrogen-bond acceptors (Lipinski definition) is 3. The lowest BCUT2D eigenvalue weighted by Gasteiger charge is -2.18. The fourth-order valence-electron chi connectivity index (χ4n) is 2.45. The van der Waals surface area contributed by atoms with E-state index in [4.69, 9.17) is 5.73 Å². The minimum atomic E-state index is -4.47. The molecule has 1 aliphatic rings. The molecule has 1 fully saturated rings. The molecule has 136 valence electrons. The number of alkyl halides is 3. The van der Waals surface area contributed by atoms with Crippen LogP contribution in [-0.2, 0) is 11.3 Å². The lowest BCUT2D eigenvalue weighted by molar-refractivity contribution is -0.157. The van der Waals surface area contributed by atoms with Crippen LogP contribution < -0.4 is 16.4 Å². The minimum Gasteiger partial charge on any atom is -0.352 e. The molecule has 4 amide bonds. The van der Waals surface area contributed by atoms with Crippen LogP contribution >= 0.6 is 0 Å². The van der Waals surface area contributed by atoms with E-state index in [-0.39, 0.29) is 25.1 Å². The van der Waals surface area contributed by atoms with Gasteiger partial charge in [-0.05, 0) is 24.1 Å². The summed E-state index contributed by atoms with van der Waals surface area (Å²) < 4.78 is 37.1. The summed E-state index contributed by atoms with van der Waals surface area (Å²) in [4.78, 5) is 35.3. The van der Waals surface area contributed by atoms with Gasteiger partial charge in [0.05, 0.1) is 0 Å². The molecule has 1 aromatic rings. The zero-order valence-corrected chi connectivity index (χ0v) is 13.1. The van der Waals surface area contributed by atoms with Crippen LogP contribution in [0, 0.1) is 0 Å². The number of rotatable bonds is 5. The number of likely N-dealkylation sites (tertiary alicyclic amines) is 1. The first-order valence-corrected chi connectivity index (χ1v) is 7.44. The van der Waals surface area contributed by atoms with E-state index in [1.54, 1.807) is 12.1 Å². The van der Waals surface area contributed by atoms with Gasteiger partial charge in [-0.25, -0.2) is 4.79 Å². The van der Waals surface area contributed by atoms with Crippen molar-refractivity contribution in [1.82, 2.24) is 15.5 Å². The Balaban J connectivity index is 1.91. The van der Waals surface area contributed by atoms with E-state index in [9.17, 15) is 27.6 Å². The van der Waals surface area contributed by atoms with Crippen LogP contribution in [0.1, 0.15) is 22.3 Å². The summed E-state index contributed by atoms with van der Waals surface area (Å²) in [5.74, 6) is -1.30. The summed E-state index contributed by atoms with van der Waals surface area (Å²) in [6, 6.07) is 4.52. The topological polar surface area (TPSA) is 105 Å². The molecule has 2 rings (SSSR count). The van der Waals surface area contributed by atoms with Crippen LogP contribution in [0.4, 0.5) is 18.0 Å². The first-order chi connectivity index (χ1) is 11.7. The van der Waals surface area contributed by atoms with E-state index in [0.717, 1.165) is 0 Å². The maximum absolute atomic E-state index is 12.4. The summed E-state index contributed by atoms with van der Waals surface area (Å²) in [6.07, 6.45) is -4.34.